The van der Waals surface area contributed by atoms with Gasteiger partial charge in [0.25, 0.3) is 0 Å². The summed E-state index contributed by atoms with van der Waals surface area (Å²) in [7, 11) is 0. The second kappa shape index (κ2) is 4.68. The predicted octanol–water partition coefficient (Wildman–Crippen LogP) is 3.70. The number of nitrogens with zero attached hydrogens (tertiary/aromatic N) is 2. The van der Waals surface area contributed by atoms with Gasteiger partial charge < -0.3 is 5.73 Å². The molecule has 3 aromatic rings. The molecular formula is C15H14ClN3. The van der Waals surface area contributed by atoms with E-state index in [0.717, 1.165) is 22.2 Å². The molecule has 0 radical (unpaired) electrons. The molecule has 4 heteroatoms. The van der Waals surface area contributed by atoms with Gasteiger partial charge in [-0.15, -0.1) is 0 Å². The van der Waals surface area contributed by atoms with Crippen LogP contribution in [0.2, 0.25) is 5.02 Å². The maximum atomic E-state index is 6.27. The monoisotopic (exact) mass is 271 g/mol. The third-order valence-corrected chi connectivity index (χ3v) is 3.52. The smallest absolute Gasteiger partial charge is 0.0741 e. The first-order chi connectivity index (χ1) is 9.16. The van der Waals surface area contributed by atoms with E-state index < -0.39 is 0 Å². The normalized spacial score (nSPS) is 12.8. The second-order valence-electron chi connectivity index (χ2n) is 4.61. The molecule has 1 unspecified atom stereocenters. The zero-order valence-corrected chi connectivity index (χ0v) is 11.3. The molecule has 1 aromatic heterocycles. The number of fused-ring (bicyclic) bond motifs is 1. The fourth-order valence-corrected chi connectivity index (χ4v) is 2.54. The van der Waals surface area contributed by atoms with Crippen LogP contribution in [0.5, 0.6) is 0 Å². The molecule has 0 spiro atoms. The standard InChI is InChI=1S/C15H14ClN3/c1-10(17)13-7-6-12(8-14(13)16)19-15-5-3-2-4-11(15)9-18-19/h2-10H,17H2,1H3. The van der Waals surface area contributed by atoms with E-state index in [4.69, 9.17) is 17.3 Å². The first-order valence-corrected chi connectivity index (χ1v) is 6.53. The van der Waals surface area contributed by atoms with Gasteiger partial charge in [-0.1, -0.05) is 35.9 Å². The summed E-state index contributed by atoms with van der Waals surface area (Å²) >= 11 is 6.27. The maximum Gasteiger partial charge on any atom is 0.0741 e. The van der Waals surface area contributed by atoms with Gasteiger partial charge in [-0.25, -0.2) is 4.68 Å². The van der Waals surface area contributed by atoms with Crippen molar-refractivity contribution in [3.8, 4) is 5.69 Å². The van der Waals surface area contributed by atoms with Crippen molar-refractivity contribution in [3.63, 3.8) is 0 Å². The van der Waals surface area contributed by atoms with E-state index in [1.54, 1.807) is 0 Å². The Bertz CT molecular complexity index is 731. The Balaban J connectivity index is 2.14. The summed E-state index contributed by atoms with van der Waals surface area (Å²) in [5, 5.41) is 6.19. The molecule has 2 N–H and O–H groups in total. The second-order valence-corrected chi connectivity index (χ2v) is 5.02. The van der Waals surface area contributed by atoms with Crippen LogP contribution < -0.4 is 5.73 Å². The van der Waals surface area contributed by atoms with E-state index in [9.17, 15) is 0 Å². The molecule has 96 valence electrons. The van der Waals surface area contributed by atoms with Crippen LogP contribution in [0.15, 0.2) is 48.7 Å². The largest absolute Gasteiger partial charge is 0.324 e. The highest BCUT2D eigenvalue weighted by Gasteiger charge is 2.09. The number of hydrogen-bond acceptors (Lipinski definition) is 2. The van der Waals surface area contributed by atoms with E-state index in [1.807, 2.05) is 60.3 Å². The molecule has 1 atom stereocenters. The predicted molar refractivity (Wildman–Crippen MR) is 78.7 cm³/mol. The molecule has 0 saturated heterocycles. The van der Waals surface area contributed by atoms with E-state index >= 15 is 0 Å². The number of hydrogen-bond donors (Lipinski definition) is 1. The Kier molecular flexibility index (Phi) is 3.01. The highest BCUT2D eigenvalue weighted by atomic mass is 35.5. The molecular weight excluding hydrogens is 258 g/mol. The van der Waals surface area contributed by atoms with E-state index in [0.29, 0.717) is 5.02 Å². The van der Waals surface area contributed by atoms with Crippen molar-refractivity contribution in [1.29, 1.82) is 0 Å². The lowest BCUT2D eigenvalue weighted by Gasteiger charge is -2.10. The van der Waals surface area contributed by atoms with Gasteiger partial charge in [0, 0.05) is 16.5 Å². The number of benzene rings is 2. The molecule has 0 amide bonds. The Morgan fingerprint density at radius 1 is 1.21 bits per heavy atom. The van der Waals surface area contributed by atoms with Gasteiger partial charge >= 0.3 is 0 Å². The number of rotatable bonds is 2. The average molecular weight is 272 g/mol. The molecule has 19 heavy (non-hydrogen) atoms. The summed E-state index contributed by atoms with van der Waals surface area (Å²) < 4.78 is 1.88. The molecule has 0 fully saturated rings. The topological polar surface area (TPSA) is 43.8 Å². The Morgan fingerprint density at radius 2 is 2.00 bits per heavy atom. The van der Waals surface area contributed by atoms with Crippen LogP contribution >= 0.6 is 11.6 Å². The van der Waals surface area contributed by atoms with Crippen LogP contribution in [-0.2, 0) is 0 Å². The molecule has 0 aliphatic heterocycles. The quantitative estimate of drug-likeness (QED) is 0.772. The molecule has 0 aliphatic rings. The van der Waals surface area contributed by atoms with Crippen LogP contribution in [-0.4, -0.2) is 9.78 Å². The minimum atomic E-state index is -0.0732. The van der Waals surface area contributed by atoms with Crippen molar-refractivity contribution in [2.75, 3.05) is 0 Å². The zero-order chi connectivity index (χ0) is 13.4. The molecule has 0 aliphatic carbocycles. The van der Waals surface area contributed by atoms with Crippen LogP contribution in [0.3, 0.4) is 0 Å². The summed E-state index contributed by atoms with van der Waals surface area (Å²) in [4.78, 5) is 0. The van der Waals surface area contributed by atoms with Gasteiger partial charge in [-0.3, -0.25) is 0 Å². The van der Waals surface area contributed by atoms with Crippen LogP contribution in [0, 0.1) is 0 Å². The summed E-state index contributed by atoms with van der Waals surface area (Å²) in [6, 6.07) is 13.9. The molecule has 0 saturated carbocycles. The van der Waals surface area contributed by atoms with Crippen LogP contribution in [0.25, 0.3) is 16.6 Å². The Morgan fingerprint density at radius 3 is 2.74 bits per heavy atom. The highest BCUT2D eigenvalue weighted by Crippen LogP contribution is 2.26. The van der Waals surface area contributed by atoms with Gasteiger partial charge in [-0.2, -0.15) is 5.10 Å². The summed E-state index contributed by atoms with van der Waals surface area (Å²) in [6.45, 7) is 1.92. The molecule has 3 rings (SSSR count). The molecule has 0 bridgehead atoms. The van der Waals surface area contributed by atoms with Crippen molar-refractivity contribution >= 4 is 22.5 Å². The van der Waals surface area contributed by atoms with Crippen LogP contribution in [0.4, 0.5) is 0 Å². The number of halogens is 1. The fraction of sp³-hybridized carbons (Fsp3) is 0.133. The minimum absolute atomic E-state index is 0.0732. The summed E-state index contributed by atoms with van der Waals surface area (Å²) in [6.07, 6.45) is 1.85. The van der Waals surface area contributed by atoms with E-state index in [-0.39, 0.29) is 6.04 Å². The van der Waals surface area contributed by atoms with Gasteiger partial charge in [-0.05, 0) is 30.7 Å². The van der Waals surface area contributed by atoms with Gasteiger partial charge in [0.15, 0.2) is 0 Å². The average Bonchev–Trinajstić information content (AvgIpc) is 2.82. The SMILES string of the molecule is CC(N)c1ccc(-n2ncc3ccccc32)cc1Cl. The number of para-hydroxylation sites is 1. The lowest BCUT2D eigenvalue weighted by Crippen LogP contribution is -2.06. The first kappa shape index (κ1) is 12.2. The van der Waals surface area contributed by atoms with Crippen molar-refractivity contribution in [3.05, 3.63) is 59.2 Å². The Labute approximate surface area is 116 Å². The third kappa shape index (κ3) is 2.11. The first-order valence-electron chi connectivity index (χ1n) is 6.15. The highest BCUT2D eigenvalue weighted by molar-refractivity contribution is 6.31. The van der Waals surface area contributed by atoms with Gasteiger partial charge in [0.1, 0.15) is 0 Å². The van der Waals surface area contributed by atoms with Crippen molar-refractivity contribution < 1.29 is 0 Å². The van der Waals surface area contributed by atoms with Crippen molar-refractivity contribution in [2.24, 2.45) is 5.73 Å². The minimum Gasteiger partial charge on any atom is -0.324 e. The molecule has 3 nitrogen and oxygen atoms in total. The summed E-state index contributed by atoms with van der Waals surface area (Å²) in [5.74, 6) is 0. The third-order valence-electron chi connectivity index (χ3n) is 3.20. The number of aromatic nitrogens is 2. The number of nitrogens with two attached hydrogens (primary N) is 1. The lowest BCUT2D eigenvalue weighted by atomic mass is 10.1. The Hall–Kier alpha value is -1.84. The van der Waals surface area contributed by atoms with Crippen molar-refractivity contribution in [1.82, 2.24) is 9.78 Å². The summed E-state index contributed by atoms with van der Waals surface area (Å²) in [5.41, 5.74) is 8.82. The van der Waals surface area contributed by atoms with Crippen LogP contribution in [0.1, 0.15) is 18.5 Å². The van der Waals surface area contributed by atoms with Gasteiger partial charge in [0.05, 0.1) is 17.4 Å². The van der Waals surface area contributed by atoms with E-state index in [1.165, 1.54) is 0 Å². The molecule has 2 aromatic carbocycles. The zero-order valence-electron chi connectivity index (χ0n) is 10.5. The van der Waals surface area contributed by atoms with E-state index in [2.05, 4.69) is 5.10 Å². The maximum absolute atomic E-state index is 6.27. The lowest BCUT2D eigenvalue weighted by molar-refractivity contribution is 0.816. The van der Waals surface area contributed by atoms with Gasteiger partial charge in [0.2, 0.25) is 0 Å². The molecule has 1 heterocycles. The van der Waals surface area contributed by atoms with Crippen molar-refractivity contribution in [2.45, 2.75) is 13.0 Å². The fourth-order valence-electron chi connectivity index (χ4n) is 2.19.